The number of benzene rings is 3. The van der Waals surface area contributed by atoms with Gasteiger partial charge in [0.05, 0.1) is 36.7 Å². The lowest BCUT2D eigenvalue weighted by Crippen LogP contribution is -2.37. The van der Waals surface area contributed by atoms with Gasteiger partial charge in [0, 0.05) is 24.1 Å². The Morgan fingerprint density at radius 2 is 1.71 bits per heavy atom. The molecule has 1 saturated heterocycles. The molecule has 0 bridgehead atoms. The summed E-state index contributed by atoms with van der Waals surface area (Å²) >= 11 is 13.4. The first-order valence-corrected chi connectivity index (χ1v) is 15.8. The quantitative estimate of drug-likeness (QED) is 0.186. The van der Waals surface area contributed by atoms with E-state index >= 15 is 0 Å². The monoisotopic (exact) mass is 702 g/mol. The number of aryl methyl sites for hydroxylation is 1. The Labute approximate surface area is 286 Å². The van der Waals surface area contributed by atoms with Crippen molar-refractivity contribution in [2.45, 2.75) is 13.1 Å². The number of fused-ring (bicyclic) bond motifs is 1. The molecule has 12 nitrogen and oxygen atoms in total. The number of rotatable bonds is 8. The molecule has 1 fully saturated rings. The molecule has 1 aliphatic heterocycles. The van der Waals surface area contributed by atoms with Crippen LogP contribution in [0.4, 0.5) is 4.79 Å². The summed E-state index contributed by atoms with van der Waals surface area (Å²) in [6.07, 6.45) is 1.56. The second-order valence-electron chi connectivity index (χ2n) is 10.6. The topological polar surface area (TPSA) is 141 Å². The minimum Gasteiger partial charge on any atom is -0.493 e. The second-order valence-corrected chi connectivity index (χ2v) is 12.5. The number of halogens is 2. The van der Waals surface area contributed by atoms with Crippen LogP contribution in [0, 0.1) is 11.3 Å². The molecule has 0 saturated carbocycles. The lowest BCUT2D eigenvalue weighted by atomic mass is 10.1. The maximum Gasteiger partial charge on any atom is 0.332 e. The van der Waals surface area contributed by atoms with Crippen molar-refractivity contribution in [1.82, 2.24) is 23.6 Å². The number of methoxy groups -OCH3 is 1. The minimum atomic E-state index is -0.576. The maximum absolute atomic E-state index is 13.3. The van der Waals surface area contributed by atoms with Crippen LogP contribution < -0.4 is 20.7 Å². The van der Waals surface area contributed by atoms with Crippen molar-refractivity contribution < 1.29 is 19.1 Å². The normalized spacial score (nSPS) is 13.8. The number of aromatic nitrogens is 4. The third-order valence-corrected chi connectivity index (χ3v) is 9.18. The van der Waals surface area contributed by atoms with Crippen LogP contribution >= 0.6 is 35.0 Å². The van der Waals surface area contributed by atoms with Gasteiger partial charge < -0.3 is 9.47 Å². The van der Waals surface area contributed by atoms with Crippen molar-refractivity contribution in [3.8, 4) is 23.6 Å². The summed E-state index contributed by atoms with van der Waals surface area (Å²) < 4.78 is 15.6. The Bertz CT molecular complexity index is 2360. The molecule has 0 atom stereocenters. The fraction of sp³-hybridized carbons (Fsp3) is 0.152. The standard InChI is InChI=1S/C33H24Cl2N6O6S/c1-38-28-27(30(43)39(2)32(38)44)40(17-21-9-10-22(34)14-23(21)35)31(37-28)47-24-11-8-18(12-25(24)46-3)13-26-29(42)41(33(45)48-26)16-20-7-5-4-6-19(20)15-36/h4-14H,16-17H2,1-3H3/b26-13-. The number of hydrogen-bond acceptors (Lipinski definition) is 9. The smallest absolute Gasteiger partial charge is 0.332 e. The highest BCUT2D eigenvalue weighted by Gasteiger charge is 2.35. The number of thioether (sulfide) groups is 1. The SMILES string of the molecule is COc1cc(/C=C2\SC(=O)N(Cc3ccccc3C#N)C2=O)ccc1Oc1nc2c(c(=O)n(C)c(=O)n2C)n1Cc1ccc(Cl)cc1Cl. The van der Waals surface area contributed by atoms with E-state index in [4.69, 9.17) is 32.7 Å². The van der Waals surface area contributed by atoms with Crippen molar-refractivity contribution >= 4 is 63.4 Å². The fourth-order valence-corrected chi connectivity index (χ4v) is 6.46. The lowest BCUT2D eigenvalue weighted by Gasteiger charge is -2.14. The van der Waals surface area contributed by atoms with E-state index in [2.05, 4.69) is 11.1 Å². The van der Waals surface area contributed by atoms with Crippen LogP contribution in [-0.4, -0.2) is 41.8 Å². The van der Waals surface area contributed by atoms with Gasteiger partial charge in [0.15, 0.2) is 22.7 Å². The van der Waals surface area contributed by atoms with Crippen LogP contribution in [0.15, 0.2) is 75.2 Å². The first-order valence-electron chi connectivity index (χ1n) is 14.2. The van der Waals surface area contributed by atoms with E-state index < -0.39 is 22.4 Å². The highest BCUT2D eigenvalue weighted by Crippen LogP contribution is 2.37. The molecule has 242 valence electrons. The number of imide groups is 1. The van der Waals surface area contributed by atoms with E-state index in [0.29, 0.717) is 32.3 Å². The summed E-state index contributed by atoms with van der Waals surface area (Å²) in [5.41, 5.74) is 1.19. The summed E-state index contributed by atoms with van der Waals surface area (Å²) in [6, 6.07) is 18.7. The Morgan fingerprint density at radius 3 is 2.44 bits per heavy atom. The molecule has 3 heterocycles. The van der Waals surface area contributed by atoms with Gasteiger partial charge in [0.2, 0.25) is 0 Å². The molecule has 0 unspecified atom stereocenters. The number of carbonyl (C=O) groups excluding carboxylic acids is 2. The van der Waals surface area contributed by atoms with Crippen LogP contribution in [0.2, 0.25) is 10.0 Å². The molecule has 0 radical (unpaired) electrons. The predicted molar refractivity (Wildman–Crippen MR) is 182 cm³/mol. The summed E-state index contributed by atoms with van der Waals surface area (Å²) in [7, 11) is 4.31. The van der Waals surface area contributed by atoms with Crippen molar-refractivity contribution in [3.63, 3.8) is 0 Å². The number of nitriles is 1. The van der Waals surface area contributed by atoms with Gasteiger partial charge in [0.25, 0.3) is 16.7 Å². The van der Waals surface area contributed by atoms with Crippen LogP contribution in [-0.2, 0) is 32.0 Å². The number of imidazole rings is 1. The van der Waals surface area contributed by atoms with Crippen LogP contribution in [0.5, 0.6) is 17.5 Å². The van der Waals surface area contributed by atoms with Crippen LogP contribution in [0.1, 0.15) is 22.3 Å². The average molecular weight is 704 g/mol. The van der Waals surface area contributed by atoms with Gasteiger partial charge in [-0.05, 0) is 64.9 Å². The van der Waals surface area contributed by atoms with E-state index in [1.165, 1.54) is 30.3 Å². The zero-order chi connectivity index (χ0) is 34.3. The Balaban J connectivity index is 1.35. The van der Waals surface area contributed by atoms with E-state index in [-0.39, 0.29) is 46.7 Å². The Kier molecular flexibility index (Phi) is 8.89. The molecule has 3 aromatic carbocycles. The first kappa shape index (κ1) is 32.6. The van der Waals surface area contributed by atoms with Gasteiger partial charge in [-0.3, -0.25) is 33.0 Å². The molecule has 6 rings (SSSR count). The van der Waals surface area contributed by atoms with Crippen molar-refractivity contribution in [2.75, 3.05) is 7.11 Å². The molecule has 0 aliphatic carbocycles. The fourth-order valence-electron chi connectivity index (χ4n) is 5.15. The highest BCUT2D eigenvalue weighted by atomic mass is 35.5. The van der Waals surface area contributed by atoms with E-state index in [9.17, 15) is 24.4 Å². The Hall–Kier alpha value is -5.29. The number of hydrogen-bond donors (Lipinski definition) is 0. The highest BCUT2D eigenvalue weighted by molar-refractivity contribution is 8.18. The molecule has 48 heavy (non-hydrogen) atoms. The lowest BCUT2D eigenvalue weighted by molar-refractivity contribution is -0.123. The van der Waals surface area contributed by atoms with E-state index in [0.717, 1.165) is 21.2 Å². The summed E-state index contributed by atoms with van der Waals surface area (Å²) in [6.45, 7) is 0.0310. The minimum absolute atomic E-state index is 0.0147. The average Bonchev–Trinajstić information content (AvgIpc) is 3.56. The predicted octanol–water partition coefficient (Wildman–Crippen LogP) is 5.70. The summed E-state index contributed by atoms with van der Waals surface area (Å²) in [4.78, 5) is 57.8. The van der Waals surface area contributed by atoms with E-state index in [1.54, 1.807) is 66.7 Å². The largest absolute Gasteiger partial charge is 0.493 e. The van der Waals surface area contributed by atoms with Gasteiger partial charge in [-0.2, -0.15) is 10.2 Å². The second kappa shape index (κ2) is 13.1. The molecular formula is C33H24Cl2N6O6S. The van der Waals surface area contributed by atoms with Crippen LogP contribution in [0.3, 0.4) is 0 Å². The third kappa shape index (κ3) is 5.97. The van der Waals surface area contributed by atoms with Gasteiger partial charge in [0.1, 0.15) is 0 Å². The van der Waals surface area contributed by atoms with Gasteiger partial charge in [-0.15, -0.1) is 0 Å². The molecule has 5 aromatic rings. The molecule has 0 N–H and O–H groups in total. The van der Waals surface area contributed by atoms with E-state index in [1.807, 2.05) is 0 Å². The van der Waals surface area contributed by atoms with Gasteiger partial charge in [-0.25, -0.2) is 4.79 Å². The van der Waals surface area contributed by atoms with Crippen molar-refractivity contribution in [1.29, 1.82) is 5.26 Å². The number of carbonyl (C=O) groups is 2. The third-order valence-electron chi connectivity index (χ3n) is 7.68. The number of nitrogens with zero attached hydrogens (tertiary/aromatic N) is 6. The molecular weight excluding hydrogens is 679 g/mol. The van der Waals surface area contributed by atoms with Gasteiger partial charge >= 0.3 is 11.7 Å². The molecule has 2 amide bonds. The summed E-state index contributed by atoms with van der Waals surface area (Å²) in [5.74, 6) is -0.00824. The molecule has 2 aromatic heterocycles. The molecule has 0 spiro atoms. The molecule has 15 heteroatoms. The molecule has 1 aliphatic rings. The zero-order valence-electron chi connectivity index (χ0n) is 25.6. The maximum atomic E-state index is 13.3. The van der Waals surface area contributed by atoms with Gasteiger partial charge in [-0.1, -0.05) is 53.5 Å². The van der Waals surface area contributed by atoms with Crippen molar-refractivity contribution in [3.05, 3.63) is 119 Å². The first-order chi connectivity index (χ1) is 23.0. The summed E-state index contributed by atoms with van der Waals surface area (Å²) in [5, 5.41) is 9.74. The number of ether oxygens (including phenoxy) is 2. The zero-order valence-corrected chi connectivity index (χ0v) is 27.9. The van der Waals surface area contributed by atoms with Crippen LogP contribution in [0.25, 0.3) is 17.2 Å². The van der Waals surface area contributed by atoms with Crippen molar-refractivity contribution in [2.24, 2.45) is 14.1 Å². The Morgan fingerprint density at radius 1 is 0.938 bits per heavy atom. The number of amides is 2.